The molecule has 1 saturated heterocycles. The second-order valence-electron chi connectivity index (χ2n) is 8.00. The predicted molar refractivity (Wildman–Crippen MR) is 114 cm³/mol. The first-order chi connectivity index (χ1) is 14.4. The summed E-state index contributed by atoms with van der Waals surface area (Å²) < 4.78 is 0. The molecule has 6 heteroatoms. The number of nitrogens with zero attached hydrogens (tertiary/aromatic N) is 1. The lowest BCUT2D eigenvalue weighted by Crippen LogP contribution is -2.57. The van der Waals surface area contributed by atoms with Gasteiger partial charge in [0.2, 0.25) is 11.8 Å². The summed E-state index contributed by atoms with van der Waals surface area (Å²) in [5, 5.41) is 9.62. The van der Waals surface area contributed by atoms with Gasteiger partial charge in [-0.25, -0.2) is 4.90 Å². The number of hydrogen-bond donors (Lipinski definition) is 1. The lowest BCUT2D eigenvalue weighted by molar-refractivity contribution is -0.122. The van der Waals surface area contributed by atoms with E-state index in [0.29, 0.717) is 5.69 Å². The zero-order chi connectivity index (χ0) is 20.8. The molecule has 2 bridgehead atoms. The normalized spacial score (nSPS) is 30.8. The van der Waals surface area contributed by atoms with Gasteiger partial charge in [-0.3, -0.25) is 9.59 Å². The highest BCUT2D eigenvalue weighted by Crippen LogP contribution is 2.69. The number of halogens is 2. The van der Waals surface area contributed by atoms with E-state index in [1.165, 1.54) is 17.0 Å². The van der Waals surface area contributed by atoms with Crippen molar-refractivity contribution in [2.45, 2.75) is 9.75 Å². The van der Waals surface area contributed by atoms with Gasteiger partial charge in [0.15, 0.2) is 0 Å². The molecule has 1 fully saturated rings. The Bertz CT molecular complexity index is 1130. The van der Waals surface area contributed by atoms with Gasteiger partial charge in [0, 0.05) is 0 Å². The molecule has 3 aromatic rings. The van der Waals surface area contributed by atoms with Crippen LogP contribution in [0.4, 0.5) is 5.69 Å². The number of hydrogen-bond acceptors (Lipinski definition) is 3. The van der Waals surface area contributed by atoms with Crippen LogP contribution < -0.4 is 4.90 Å². The Hall–Kier alpha value is -2.82. The van der Waals surface area contributed by atoms with E-state index in [1.807, 2.05) is 48.5 Å². The van der Waals surface area contributed by atoms with E-state index in [2.05, 4.69) is 0 Å². The zero-order valence-corrected chi connectivity index (χ0v) is 17.1. The number of carbonyl (C=O) groups is 2. The van der Waals surface area contributed by atoms with Crippen LogP contribution in [0.1, 0.15) is 22.3 Å². The van der Waals surface area contributed by atoms with Crippen molar-refractivity contribution in [2.24, 2.45) is 11.8 Å². The number of rotatable bonds is 1. The van der Waals surface area contributed by atoms with Crippen molar-refractivity contribution in [3.05, 3.63) is 95.1 Å². The molecule has 2 atom stereocenters. The second kappa shape index (κ2) is 5.65. The molecular formula is C24H15Cl2NO3. The molecule has 7 rings (SSSR count). The fourth-order valence-corrected chi connectivity index (χ4v) is 6.62. The molecular weight excluding hydrogens is 421 g/mol. The van der Waals surface area contributed by atoms with Crippen molar-refractivity contribution in [1.82, 2.24) is 0 Å². The number of phenolic OH excluding ortho intramolecular Hbond substituents is 1. The molecule has 0 unspecified atom stereocenters. The molecule has 0 spiro atoms. The Labute approximate surface area is 182 Å². The maximum Gasteiger partial charge on any atom is 0.240 e. The number of benzene rings is 3. The molecule has 0 saturated carbocycles. The summed E-state index contributed by atoms with van der Waals surface area (Å²) >= 11 is 14.7. The SMILES string of the molecule is O=C1[C@@H]2[C@@H](C(=O)N1c1ccc(O)cc1)C1(Cl)c3ccccc3C2(Cl)c2ccccc21. The van der Waals surface area contributed by atoms with Crippen molar-refractivity contribution >= 4 is 40.7 Å². The van der Waals surface area contributed by atoms with Crippen LogP contribution in [-0.2, 0) is 19.3 Å². The number of carbonyl (C=O) groups excluding carboxylic acids is 2. The summed E-state index contributed by atoms with van der Waals surface area (Å²) in [6.07, 6.45) is 0. The van der Waals surface area contributed by atoms with Crippen LogP contribution in [0.3, 0.4) is 0 Å². The molecule has 2 amide bonds. The van der Waals surface area contributed by atoms with Gasteiger partial charge in [0.05, 0.1) is 17.5 Å². The lowest BCUT2D eigenvalue weighted by Gasteiger charge is -2.54. The number of phenols is 1. The first-order valence-electron chi connectivity index (χ1n) is 9.64. The van der Waals surface area contributed by atoms with E-state index in [-0.39, 0.29) is 17.6 Å². The number of amides is 2. The van der Waals surface area contributed by atoms with Gasteiger partial charge in [0.25, 0.3) is 0 Å². The van der Waals surface area contributed by atoms with Crippen LogP contribution in [0.15, 0.2) is 72.8 Å². The smallest absolute Gasteiger partial charge is 0.240 e. The standard InChI is InChI=1S/C24H15Cl2NO3/c25-23-15-5-1-2-6-16(15)24(26,18-8-4-3-7-17(18)23)20-19(23)21(29)27(22(20)30)13-9-11-14(28)12-10-13/h1-12,19-20,28H/t19-,20-,23?,24?/m0/s1. The summed E-state index contributed by atoms with van der Waals surface area (Å²) in [6.45, 7) is 0. The lowest BCUT2D eigenvalue weighted by atomic mass is 9.54. The van der Waals surface area contributed by atoms with Gasteiger partial charge in [0.1, 0.15) is 15.5 Å². The Kier molecular flexibility index (Phi) is 3.39. The Morgan fingerprint density at radius 1 is 0.667 bits per heavy atom. The van der Waals surface area contributed by atoms with Gasteiger partial charge < -0.3 is 5.11 Å². The third kappa shape index (κ3) is 1.85. The summed E-state index contributed by atoms with van der Waals surface area (Å²) in [6, 6.07) is 21.1. The van der Waals surface area contributed by atoms with Crippen molar-refractivity contribution in [1.29, 1.82) is 0 Å². The van der Waals surface area contributed by atoms with Crippen LogP contribution in [-0.4, -0.2) is 16.9 Å². The van der Waals surface area contributed by atoms with Gasteiger partial charge in [-0.2, -0.15) is 0 Å². The summed E-state index contributed by atoms with van der Waals surface area (Å²) in [5.41, 5.74) is 3.49. The minimum absolute atomic E-state index is 0.0535. The van der Waals surface area contributed by atoms with Crippen LogP contribution in [0.2, 0.25) is 0 Å². The summed E-state index contributed by atoms with van der Waals surface area (Å²) in [5.74, 6) is -2.36. The molecule has 0 aromatic heterocycles. The first kappa shape index (κ1) is 18.0. The molecule has 1 heterocycles. The minimum atomic E-state index is -1.19. The third-order valence-corrected chi connectivity index (χ3v) is 7.98. The molecule has 148 valence electrons. The highest BCUT2D eigenvalue weighted by atomic mass is 35.5. The maximum absolute atomic E-state index is 13.7. The predicted octanol–water partition coefficient (Wildman–Crippen LogP) is 4.49. The van der Waals surface area contributed by atoms with Crippen molar-refractivity contribution in [2.75, 3.05) is 4.90 Å². The Morgan fingerprint density at radius 2 is 1.03 bits per heavy atom. The van der Waals surface area contributed by atoms with Crippen molar-refractivity contribution in [3.8, 4) is 5.75 Å². The number of aromatic hydroxyl groups is 1. The van der Waals surface area contributed by atoms with Crippen LogP contribution in [0.5, 0.6) is 5.75 Å². The second-order valence-corrected chi connectivity index (χ2v) is 9.19. The van der Waals surface area contributed by atoms with Gasteiger partial charge in [-0.15, -0.1) is 23.2 Å². The molecule has 0 radical (unpaired) electrons. The zero-order valence-electron chi connectivity index (χ0n) is 15.5. The average Bonchev–Trinajstić information content (AvgIpc) is 3.04. The van der Waals surface area contributed by atoms with Crippen molar-refractivity contribution < 1.29 is 14.7 Å². The maximum atomic E-state index is 13.7. The van der Waals surface area contributed by atoms with E-state index in [9.17, 15) is 14.7 Å². The fourth-order valence-electron chi connectivity index (χ4n) is 5.52. The van der Waals surface area contributed by atoms with Crippen LogP contribution in [0.25, 0.3) is 0 Å². The average molecular weight is 436 g/mol. The number of anilines is 1. The minimum Gasteiger partial charge on any atom is -0.508 e. The fraction of sp³-hybridized carbons (Fsp3) is 0.167. The Balaban J connectivity index is 1.66. The molecule has 4 nitrogen and oxygen atoms in total. The van der Waals surface area contributed by atoms with Crippen LogP contribution in [0, 0.1) is 11.8 Å². The molecule has 3 aliphatic carbocycles. The molecule has 1 N–H and O–H groups in total. The van der Waals surface area contributed by atoms with Gasteiger partial charge >= 0.3 is 0 Å². The monoisotopic (exact) mass is 435 g/mol. The number of imide groups is 1. The van der Waals surface area contributed by atoms with E-state index < -0.39 is 21.6 Å². The molecule has 4 aliphatic rings. The molecule has 1 aliphatic heterocycles. The van der Waals surface area contributed by atoms with E-state index >= 15 is 0 Å². The van der Waals surface area contributed by atoms with Crippen LogP contribution >= 0.6 is 23.2 Å². The first-order valence-corrected chi connectivity index (χ1v) is 10.4. The topological polar surface area (TPSA) is 57.6 Å². The van der Waals surface area contributed by atoms with E-state index in [4.69, 9.17) is 23.2 Å². The van der Waals surface area contributed by atoms with E-state index in [0.717, 1.165) is 22.3 Å². The highest BCUT2D eigenvalue weighted by Gasteiger charge is 2.73. The molecule has 3 aromatic carbocycles. The third-order valence-electron chi connectivity index (χ3n) is 6.69. The molecule has 30 heavy (non-hydrogen) atoms. The summed E-state index contributed by atoms with van der Waals surface area (Å²) in [7, 11) is 0. The Morgan fingerprint density at radius 3 is 1.40 bits per heavy atom. The number of alkyl halides is 2. The highest BCUT2D eigenvalue weighted by molar-refractivity contribution is 6.38. The van der Waals surface area contributed by atoms with Crippen molar-refractivity contribution in [3.63, 3.8) is 0 Å². The largest absolute Gasteiger partial charge is 0.508 e. The quantitative estimate of drug-likeness (QED) is 0.452. The van der Waals surface area contributed by atoms with E-state index in [1.54, 1.807) is 12.1 Å². The van der Waals surface area contributed by atoms with Gasteiger partial charge in [-0.05, 0) is 46.5 Å². The summed E-state index contributed by atoms with van der Waals surface area (Å²) in [4.78, 5) is 26.2. The van der Waals surface area contributed by atoms with Gasteiger partial charge in [-0.1, -0.05) is 48.5 Å².